The first-order valence-electron chi connectivity index (χ1n) is 7.86. The second-order valence-corrected chi connectivity index (χ2v) is 7.30. The Balaban J connectivity index is 2.20. The van der Waals surface area contributed by atoms with Crippen LogP contribution in [0.2, 0.25) is 5.15 Å². The lowest BCUT2D eigenvalue weighted by atomic mass is 9.73. The van der Waals surface area contributed by atoms with Crippen molar-refractivity contribution < 1.29 is 19.1 Å². The SMILES string of the molecule is COC(=O)C1(c2ccnc(Cl)c2)CCN(C(=O)OC(C)(C)C)CC1. The molecular weight excluding hydrogens is 332 g/mol. The molecule has 0 atom stereocenters. The van der Waals surface area contributed by atoms with E-state index in [9.17, 15) is 9.59 Å². The monoisotopic (exact) mass is 354 g/mol. The molecule has 0 N–H and O–H groups in total. The molecule has 0 aliphatic carbocycles. The number of pyridine rings is 1. The maximum absolute atomic E-state index is 12.5. The fraction of sp³-hybridized carbons (Fsp3) is 0.588. The van der Waals surface area contributed by atoms with Gasteiger partial charge in [-0.2, -0.15) is 0 Å². The number of hydrogen-bond acceptors (Lipinski definition) is 5. The summed E-state index contributed by atoms with van der Waals surface area (Å²) in [7, 11) is 1.37. The Hall–Kier alpha value is -1.82. The van der Waals surface area contributed by atoms with Gasteiger partial charge in [0, 0.05) is 19.3 Å². The number of likely N-dealkylation sites (tertiary alicyclic amines) is 1. The molecule has 0 spiro atoms. The Morgan fingerprint density at radius 1 is 1.29 bits per heavy atom. The van der Waals surface area contributed by atoms with Gasteiger partial charge in [0.2, 0.25) is 0 Å². The van der Waals surface area contributed by atoms with Gasteiger partial charge in [0.05, 0.1) is 12.5 Å². The van der Waals surface area contributed by atoms with Crippen molar-refractivity contribution in [2.45, 2.75) is 44.6 Å². The summed E-state index contributed by atoms with van der Waals surface area (Å²) in [5, 5.41) is 0.324. The number of methoxy groups -OCH3 is 1. The van der Waals surface area contributed by atoms with E-state index in [1.807, 2.05) is 20.8 Å². The maximum Gasteiger partial charge on any atom is 0.410 e. The van der Waals surface area contributed by atoms with Crippen LogP contribution in [-0.4, -0.2) is 47.7 Å². The third-order valence-corrected chi connectivity index (χ3v) is 4.33. The zero-order valence-corrected chi connectivity index (χ0v) is 15.2. The minimum absolute atomic E-state index is 0.324. The maximum atomic E-state index is 12.5. The fourth-order valence-electron chi connectivity index (χ4n) is 2.90. The standard InChI is InChI=1S/C17H23ClN2O4/c1-16(2,3)24-15(22)20-9-6-17(7-10-20,14(21)23-4)12-5-8-19-13(18)11-12/h5,8,11H,6-7,9-10H2,1-4H3. The van der Waals surface area contributed by atoms with Crippen molar-refractivity contribution in [1.82, 2.24) is 9.88 Å². The van der Waals surface area contributed by atoms with Crippen molar-refractivity contribution in [2.75, 3.05) is 20.2 Å². The number of amides is 1. The molecule has 0 aromatic carbocycles. The van der Waals surface area contributed by atoms with Gasteiger partial charge in [-0.05, 0) is 51.3 Å². The highest BCUT2D eigenvalue weighted by atomic mass is 35.5. The molecule has 132 valence electrons. The molecule has 1 saturated heterocycles. The lowest BCUT2D eigenvalue weighted by molar-refractivity contribution is -0.149. The normalized spacial score (nSPS) is 17.3. The van der Waals surface area contributed by atoms with Crippen LogP contribution in [0.1, 0.15) is 39.2 Å². The molecule has 0 unspecified atom stereocenters. The van der Waals surface area contributed by atoms with E-state index < -0.39 is 11.0 Å². The average Bonchev–Trinajstić information content (AvgIpc) is 2.52. The minimum Gasteiger partial charge on any atom is -0.468 e. The zero-order valence-electron chi connectivity index (χ0n) is 14.5. The number of aromatic nitrogens is 1. The molecule has 0 radical (unpaired) electrons. The van der Waals surface area contributed by atoms with Crippen molar-refractivity contribution in [3.05, 3.63) is 29.0 Å². The van der Waals surface area contributed by atoms with Gasteiger partial charge < -0.3 is 14.4 Å². The van der Waals surface area contributed by atoms with E-state index in [1.54, 1.807) is 23.2 Å². The van der Waals surface area contributed by atoms with Crippen LogP contribution in [0.5, 0.6) is 0 Å². The number of nitrogens with zero attached hydrogens (tertiary/aromatic N) is 2. The van der Waals surface area contributed by atoms with Gasteiger partial charge in [0.15, 0.2) is 0 Å². The highest BCUT2D eigenvalue weighted by Gasteiger charge is 2.45. The Morgan fingerprint density at radius 3 is 2.42 bits per heavy atom. The van der Waals surface area contributed by atoms with Crippen LogP contribution in [-0.2, 0) is 19.7 Å². The van der Waals surface area contributed by atoms with E-state index in [1.165, 1.54) is 7.11 Å². The molecule has 24 heavy (non-hydrogen) atoms. The third-order valence-electron chi connectivity index (χ3n) is 4.12. The Kier molecular flexibility index (Phi) is 5.38. The van der Waals surface area contributed by atoms with Crippen LogP contribution in [0, 0.1) is 0 Å². The second-order valence-electron chi connectivity index (χ2n) is 6.91. The van der Waals surface area contributed by atoms with Gasteiger partial charge >= 0.3 is 12.1 Å². The Bertz CT molecular complexity index is 619. The first-order valence-corrected chi connectivity index (χ1v) is 8.24. The first-order chi connectivity index (χ1) is 11.2. The molecule has 7 heteroatoms. The summed E-state index contributed by atoms with van der Waals surface area (Å²) in [5.41, 5.74) is -0.606. The quantitative estimate of drug-likeness (QED) is 0.602. The number of carbonyl (C=O) groups excluding carboxylic acids is 2. The first kappa shape index (κ1) is 18.5. The van der Waals surface area contributed by atoms with Crippen molar-refractivity contribution in [3.63, 3.8) is 0 Å². The van der Waals surface area contributed by atoms with Crippen LogP contribution >= 0.6 is 11.6 Å². The highest BCUT2D eigenvalue weighted by molar-refractivity contribution is 6.29. The van der Waals surface area contributed by atoms with Crippen molar-refractivity contribution in [1.29, 1.82) is 0 Å². The fourth-order valence-corrected chi connectivity index (χ4v) is 3.08. The molecule has 1 aliphatic rings. The number of piperidine rings is 1. The van der Waals surface area contributed by atoms with Gasteiger partial charge in [0.1, 0.15) is 10.8 Å². The number of esters is 1. The summed E-state index contributed by atoms with van der Waals surface area (Å²) in [6.07, 6.45) is 2.09. The Labute approximate surface area is 147 Å². The molecule has 1 fully saturated rings. The van der Waals surface area contributed by atoms with E-state index in [4.69, 9.17) is 21.1 Å². The molecule has 1 amide bonds. The summed E-state index contributed by atoms with van der Waals surface area (Å²) in [6, 6.07) is 3.45. The summed E-state index contributed by atoms with van der Waals surface area (Å²) in [5.74, 6) is -0.325. The molecule has 2 heterocycles. The summed E-state index contributed by atoms with van der Waals surface area (Å²) >= 11 is 5.98. The van der Waals surface area contributed by atoms with E-state index in [2.05, 4.69) is 4.98 Å². The zero-order chi connectivity index (χ0) is 18.0. The summed E-state index contributed by atoms with van der Waals surface area (Å²) < 4.78 is 10.4. The van der Waals surface area contributed by atoms with E-state index >= 15 is 0 Å². The van der Waals surface area contributed by atoms with Gasteiger partial charge in [-0.1, -0.05) is 11.6 Å². The highest BCUT2D eigenvalue weighted by Crippen LogP contribution is 2.37. The van der Waals surface area contributed by atoms with E-state index in [0.29, 0.717) is 31.1 Å². The van der Waals surface area contributed by atoms with Gasteiger partial charge in [0.25, 0.3) is 0 Å². The van der Waals surface area contributed by atoms with Crippen LogP contribution in [0.4, 0.5) is 4.79 Å². The van der Waals surface area contributed by atoms with Crippen LogP contribution in [0.15, 0.2) is 18.3 Å². The van der Waals surface area contributed by atoms with Crippen LogP contribution < -0.4 is 0 Å². The van der Waals surface area contributed by atoms with E-state index in [-0.39, 0.29) is 12.1 Å². The molecule has 1 aromatic rings. The molecule has 0 bridgehead atoms. The molecule has 6 nitrogen and oxygen atoms in total. The van der Waals surface area contributed by atoms with Crippen molar-refractivity contribution in [2.24, 2.45) is 0 Å². The number of rotatable bonds is 2. The van der Waals surface area contributed by atoms with E-state index in [0.717, 1.165) is 5.56 Å². The van der Waals surface area contributed by atoms with Crippen LogP contribution in [0.25, 0.3) is 0 Å². The molecule has 2 rings (SSSR count). The van der Waals surface area contributed by atoms with Crippen molar-refractivity contribution in [3.8, 4) is 0 Å². The third kappa shape index (κ3) is 3.98. The average molecular weight is 355 g/mol. The van der Waals surface area contributed by atoms with Crippen molar-refractivity contribution >= 4 is 23.7 Å². The number of carbonyl (C=O) groups is 2. The molecule has 1 aromatic heterocycles. The molecule has 1 aliphatic heterocycles. The van der Waals surface area contributed by atoms with Gasteiger partial charge in [-0.3, -0.25) is 4.79 Å². The predicted molar refractivity (Wildman–Crippen MR) is 90.0 cm³/mol. The largest absolute Gasteiger partial charge is 0.468 e. The van der Waals surface area contributed by atoms with Gasteiger partial charge in [-0.25, -0.2) is 9.78 Å². The van der Waals surface area contributed by atoms with Gasteiger partial charge in [-0.15, -0.1) is 0 Å². The van der Waals surface area contributed by atoms with Crippen LogP contribution in [0.3, 0.4) is 0 Å². The number of halogens is 1. The summed E-state index contributed by atoms with van der Waals surface area (Å²) in [6.45, 7) is 6.29. The smallest absolute Gasteiger partial charge is 0.410 e. The predicted octanol–water partition coefficient (Wildman–Crippen LogP) is 3.18. The minimum atomic E-state index is -0.820. The molecular formula is C17H23ClN2O4. The second kappa shape index (κ2) is 6.97. The Morgan fingerprint density at radius 2 is 1.92 bits per heavy atom. The number of ether oxygens (including phenoxy) is 2. The lowest BCUT2D eigenvalue weighted by Crippen LogP contribution is -2.50. The lowest BCUT2D eigenvalue weighted by Gasteiger charge is -2.40. The molecule has 0 saturated carbocycles. The summed E-state index contributed by atoms with van der Waals surface area (Å²) in [4.78, 5) is 30.3. The topological polar surface area (TPSA) is 68.7 Å². The number of hydrogen-bond donors (Lipinski definition) is 0.